The number of hydrogen-bond acceptors (Lipinski definition) is 3. The van der Waals surface area contributed by atoms with Crippen molar-refractivity contribution in [3.8, 4) is 5.88 Å². The molecule has 0 aromatic carbocycles. The number of carbonyl (C=O) groups is 1. The van der Waals surface area contributed by atoms with E-state index in [0.717, 1.165) is 0 Å². The minimum Gasteiger partial charge on any atom is -0.472 e. The van der Waals surface area contributed by atoms with Gasteiger partial charge in [-0.25, -0.2) is 4.98 Å². The lowest BCUT2D eigenvalue weighted by Gasteiger charge is -2.17. The lowest BCUT2D eigenvalue weighted by atomic mass is 10.3. The normalized spacial score (nSPS) is 19.5. The molecule has 2 rings (SSSR count). The molecule has 1 aliphatic rings. The molecule has 1 fully saturated rings. The van der Waals surface area contributed by atoms with Crippen LogP contribution < -0.4 is 4.74 Å². The summed E-state index contributed by atoms with van der Waals surface area (Å²) in [6, 6.07) is 5.16. The van der Waals surface area contributed by atoms with Crippen LogP contribution in [0.15, 0.2) is 24.4 Å². The Morgan fingerprint density at radius 1 is 1.47 bits per heavy atom. The number of nitrogens with zero attached hydrogens (tertiary/aromatic N) is 2. The van der Waals surface area contributed by atoms with Gasteiger partial charge in [-0.05, 0) is 6.07 Å². The number of carbonyl (C=O) groups excluding carboxylic acids is 1. The molecule has 1 unspecified atom stereocenters. The maximum absolute atomic E-state index is 12.1. The number of alkyl halides is 3. The first-order valence-corrected chi connectivity index (χ1v) is 5.86. The molecule has 1 aromatic rings. The van der Waals surface area contributed by atoms with Crippen LogP contribution >= 0.6 is 0 Å². The van der Waals surface area contributed by atoms with Crippen molar-refractivity contribution in [2.75, 3.05) is 13.1 Å². The maximum Gasteiger partial charge on any atom is 0.397 e. The molecule has 0 saturated carbocycles. The van der Waals surface area contributed by atoms with Gasteiger partial charge in [0.05, 0.1) is 6.54 Å². The lowest BCUT2D eigenvalue weighted by Crippen LogP contribution is -2.33. The zero-order valence-corrected chi connectivity index (χ0v) is 10.1. The average Bonchev–Trinajstić information content (AvgIpc) is 2.77. The highest BCUT2D eigenvalue weighted by Gasteiger charge is 2.36. The van der Waals surface area contributed by atoms with Crippen LogP contribution in [-0.2, 0) is 4.79 Å². The zero-order valence-electron chi connectivity index (χ0n) is 10.1. The monoisotopic (exact) mass is 274 g/mol. The Balaban J connectivity index is 1.85. The largest absolute Gasteiger partial charge is 0.472 e. The molecule has 1 aromatic heterocycles. The van der Waals surface area contributed by atoms with Crippen LogP contribution in [0.3, 0.4) is 0 Å². The summed E-state index contributed by atoms with van der Waals surface area (Å²) in [5.41, 5.74) is 0. The Kier molecular flexibility index (Phi) is 3.92. The Morgan fingerprint density at radius 3 is 2.89 bits per heavy atom. The predicted molar refractivity (Wildman–Crippen MR) is 60.5 cm³/mol. The summed E-state index contributed by atoms with van der Waals surface area (Å²) in [7, 11) is 0. The fraction of sp³-hybridized carbons (Fsp3) is 0.500. The predicted octanol–water partition coefficient (Wildman–Crippen LogP) is 2.01. The van der Waals surface area contributed by atoms with E-state index < -0.39 is 18.5 Å². The van der Waals surface area contributed by atoms with Crippen molar-refractivity contribution in [3.05, 3.63) is 24.4 Å². The van der Waals surface area contributed by atoms with E-state index in [4.69, 9.17) is 4.74 Å². The van der Waals surface area contributed by atoms with Gasteiger partial charge >= 0.3 is 6.18 Å². The van der Waals surface area contributed by atoms with Crippen LogP contribution in [0.4, 0.5) is 13.2 Å². The molecule has 1 amide bonds. The van der Waals surface area contributed by atoms with Gasteiger partial charge in [0.25, 0.3) is 0 Å². The second kappa shape index (κ2) is 5.46. The average molecular weight is 274 g/mol. The molecule has 1 aliphatic heterocycles. The Bertz CT molecular complexity index is 436. The van der Waals surface area contributed by atoms with Crippen molar-refractivity contribution < 1.29 is 22.7 Å². The highest BCUT2D eigenvalue weighted by molar-refractivity contribution is 5.77. The second-order valence-electron chi connectivity index (χ2n) is 4.33. The van der Waals surface area contributed by atoms with E-state index in [1.165, 1.54) is 4.90 Å². The van der Waals surface area contributed by atoms with Crippen molar-refractivity contribution in [3.63, 3.8) is 0 Å². The van der Waals surface area contributed by atoms with Crippen molar-refractivity contribution in [2.24, 2.45) is 0 Å². The first-order chi connectivity index (χ1) is 8.94. The van der Waals surface area contributed by atoms with Gasteiger partial charge < -0.3 is 9.64 Å². The van der Waals surface area contributed by atoms with Crippen LogP contribution in [0.25, 0.3) is 0 Å². The zero-order chi connectivity index (χ0) is 13.9. The van der Waals surface area contributed by atoms with E-state index in [0.29, 0.717) is 12.3 Å². The molecule has 104 valence electrons. The molecule has 4 nitrogen and oxygen atoms in total. The number of rotatable bonds is 3. The summed E-state index contributed by atoms with van der Waals surface area (Å²) in [5.74, 6) is -0.489. The topological polar surface area (TPSA) is 42.4 Å². The van der Waals surface area contributed by atoms with Gasteiger partial charge in [0, 0.05) is 25.2 Å². The summed E-state index contributed by atoms with van der Waals surface area (Å²) in [4.78, 5) is 16.5. The number of halogens is 3. The molecule has 0 aliphatic carbocycles. The maximum atomic E-state index is 12.1. The first-order valence-electron chi connectivity index (χ1n) is 5.86. The molecule has 0 bridgehead atoms. The number of amides is 1. The molecular weight excluding hydrogens is 261 g/mol. The molecule has 1 atom stereocenters. The summed E-state index contributed by atoms with van der Waals surface area (Å²) in [5, 5.41) is 0. The highest BCUT2D eigenvalue weighted by Crippen LogP contribution is 2.23. The van der Waals surface area contributed by atoms with Crippen molar-refractivity contribution >= 4 is 5.91 Å². The molecule has 1 saturated heterocycles. The van der Waals surface area contributed by atoms with Gasteiger partial charge in [0.2, 0.25) is 11.8 Å². The van der Waals surface area contributed by atoms with E-state index >= 15 is 0 Å². The summed E-state index contributed by atoms with van der Waals surface area (Å²) >= 11 is 0. The molecule has 2 heterocycles. The van der Waals surface area contributed by atoms with Crippen molar-refractivity contribution in [2.45, 2.75) is 25.1 Å². The molecule has 7 heteroatoms. The van der Waals surface area contributed by atoms with Gasteiger partial charge in [-0.2, -0.15) is 13.2 Å². The van der Waals surface area contributed by atoms with Gasteiger partial charge in [-0.1, -0.05) is 6.07 Å². The van der Waals surface area contributed by atoms with Gasteiger partial charge in [-0.3, -0.25) is 4.79 Å². The lowest BCUT2D eigenvalue weighted by molar-refractivity contribution is -0.160. The van der Waals surface area contributed by atoms with E-state index in [1.54, 1.807) is 24.4 Å². The Hall–Kier alpha value is -1.79. The van der Waals surface area contributed by atoms with Crippen LogP contribution in [0.2, 0.25) is 0 Å². The van der Waals surface area contributed by atoms with Crippen molar-refractivity contribution in [1.29, 1.82) is 0 Å². The van der Waals surface area contributed by atoms with Crippen LogP contribution in [0, 0.1) is 0 Å². The number of aromatic nitrogens is 1. The number of ether oxygens (including phenoxy) is 1. The minimum atomic E-state index is -4.46. The van der Waals surface area contributed by atoms with Crippen LogP contribution in [-0.4, -0.2) is 41.2 Å². The second-order valence-corrected chi connectivity index (χ2v) is 4.33. The molecule has 0 N–H and O–H groups in total. The summed E-state index contributed by atoms with van der Waals surface area (Å²) in [6.45, 7) is 0.456. The third-order valence-electron chi connectivity index (χ3n) is 2.77. The van der Waals surface area contributed by atoms with Crippen LogP contribution in [0.5, 0.6) is 5.88 Å². The number of hydrogen-bond donors (Lipinski definition) is 0. The Labute approximate surface area is 108 Å². The van der Waals surface area contributed by atoms with Gasteiger partial charge in [-0.15, -0.1) is 0 Å². The Morgan fingerprint density at radius 2 is 2.26 bits per heavy atom. The molecule has 0 spiro atoms. The SMILES string of the molecule is O=C(CC(F)(F)F)N1CCC(Oc2ccccn2)C1. The fourth-order valence-electron chi connectivity index (χ4n) is 1.92. The van der Waals surface area contributed by atoms with E-state index in [-0.39, 0.29) is 19.2 Å². The van der Waals surface area contributed by atoms with Gasteiger partial charge in [0.1, 0.15) is 12.5 Å². The number of pyridine rings is 1. The van der Waals surface area contributed by atoms with E-state index in [1.807, 2.05) is 0 Å². The van der Waals surface area contributed by atoms with Crippen LogP contribution in [0.1, 0.15) is 12.8 Å². The van der Waals surface area contributed by atoms with Crippen molar-refractivity contribution in [1.82, 2.24) is 9.88 Å². The van der Waals surface area contributed by atoms with E-state index in [9.17, 15) is 18.0 Å². The number of likely N-dealkylation sites (tertiary alicyclic amines) is 1. The third kappa shape index (κ3) is 4.11. The first kappa shape index (κ1) is 13.6. The van der Waals surface area contributed by atoms with E-state index in [2.05, 4.69) is 4.98 Å². The van der Waals surface area contributed by atoms with Gasteiger partial charge in [0.15, 0.2) is 0 Å². The highest BCUT2D eigenvalue weighted by atomic mass is 19.4. The molecule has 0 radical (unpaired) electrons. The standard InChI is InChI=1S/C12H13F3N2O2/c13-12(14,15)7-11(18)17-6-4-9(8-17)19-10-3-1-2-5-16-10/h1-3,5,9H,4,6-8H2. The fourth-order valence-corrected chi connectivity index (χ4v) is 1.92. The third-order valence-corrected chi connectivity index (χ3v) is 2.77. The quantitative estimate of drug-likeness (QED) is 0.846. The molecular formula is C12H13F3N2O2. The molecule has 19 heavy (non-hydrogen) atoms. The summed E-state index contributed by atoms with van der Waals surface area (Å²) < 4.78 is 41.8. The smallest absolute Gasteiger partial charge is 0.397 e. The minimum absolute atomic E-state index is 0.172. The summed E-state index contributed by atoms with van der Waals surface area (Å²) in [6.07, 6.45) is -4.09.